The number of aryl methyl sites for hydroxylation is 3. The zero-order valence-electron chi connectivity index (χ0n) is 24.9. The van der Waals surface area contributed by atoms with Crippen LogP contribution in [-0.2, 0) is 29.5 Å². The van der Waals surface area contributed by atoms with Gasteiger partial charge in [0.25, 0.3) is 11.5 Å². The Kier molecular flexibility index (Phi) is 9.18. The molecule has 10 nitrogen and oxygen atoms in total. The van der Waals surface area contributed by atoms with Gasteiger partial charge < -0.3 is 29.2 Å². The van der Waals surface area contributed by atoms with E-state index in [0.29, 0.717) is 69.8 Å². The van der Waals surface area contributed by atoms with Crippen molar-refractivity contribution < 1.29 is 23.9 Å². The van der Waals surface area contributed by atoms with Crippen LogP contribution in [0.15, 0.2) is 35.3 Å². The van der Waals surface area contributed by atoms with E-state index in [9.17, 15) is 19.2 Å². The number of nitrogens with zero attached hydrogens (tertiary/aromatic N) is 3. The van der Waals surface area contributed by atoms with Crippen molar-refractivity contribution in [2.24, 2.45) is 18.9 Å². The third-order valence-electron chi connectivity index (χ3n) is 9.02. The maximum absolute atomic E-state index is 13.8. The van der Waals surface area contributed by atoms with Crippen molar-refractivity contribution >= 4 is 17.7 Å². The first kappa shape index (κ1) is 29.7. The molecule has 10 heteroatoms. The maximum atomic E-state index is 13.8. The third kappa shape index (κ3) is 6.32. The number of carbonyl (C=O) groups is 3. The number of nitrogens with one attached hydrogen (secondary N) is 1. The SMILES string of the molecule is COc1cc2cc(c1OC)CCCNC(=O)CCC[C@H]1[C@H]3C[C@@H](CN(C(=O)c4cccn(C)c4=O)C3)CN1C(=O)CC2. The molecule has 3 atom stereocenters. The quantitative estimate of drug-likeness (QED) is 0.600. The number of aromatic nitrogens is 1. The van der Waals surface area contributed by atoms with Crippen molar-refractivity contribution in [3.63, 3.8) is 0 Å². The molecule has 0 radical (unpaired) electrons. The van der Waals surface area contributed by atoms with Crippen LogP contribution >= 0.6 is 0 Å². The lowest BCUT2D eigenvalue weighted by Gasteiger charge is -2.51. The van der Waals surface area contributed by atoms with Gasteiger partial charge in [0, 0.05) is 58.3 Å². The Balaban J connectivity index is 1.38. The lowest BCUT2D eigenvalue weighted by molar-refractivity contribution is -0.140. The van der Waals surface area contributed by atoms with E-state index in [1.54, 1.807) is 44.5 Å². The number of ether oxygens (including phenoxy) is 2. The van der Waals surface area contributed by atoms with Gasteiger partial charge in [-0.3, -0.25) is 19.2 Å². The highest BCUT2D eigenvalue weighted by atomic mass is 16.5. The van der Waals surface area contributed by atoms with Crippen molar-refractivity contribution in [3.8, 4) is 11.5 Å². The van der Waals surface area contributed by atoms with E-state index in [0.717, 1.165) is 30.4 Å². The highest BCUT2D eigenvalue weighted by molar-refractivity contribution is 5.94. The summed E-state index contributed by atoms with van der Waals surface area (Å²) in [6.45, 7) is 2.15. The summed E-state index contributed by atoms with van der Waals surface area (Å²) in [5.74, 6) is 1.42. The molecular weight excluding hydrogens is 536 g/mol. The highest BCUT2D eigenvalue weighted by Crippen LogP contribution is 2.37. The summed E-state index contributed by atoms with van der Waals surface area (Å²) >= 11 is 0. The molecule has 1 aromatic carbocycles. The summed E-state index contributed by atoms with van der Waals surface area (Å²) in [6.07, 6.45) is 6.78. The molecule has 2 fully saturated rings. The highest BCUT2D eigenvalue weighted by Gasteiger charge is 2.43. The lowest BCUT2D eigenvalue weighted by Crippen LogP contribution is -2.60. The van der Waals surface area contributed by atoms with Crippen molar-refractivity contribution in [1.29, 1.82) is 0 Å². The molecule has 0 unspecified atom stereocenters. The van der Waals surface area contributed by atoms with Gasteiger partial charge >= 0.3 is 0 Å². The summed E-state index contributed by atoms with van der Waals surface area (Å²) in [7, 11) is 4.88. The van der Waals surface area contributed by atoms with Crippen molar-refractivity contribution in [2.75, 3.05) is 40.4 Å². The molecular formula is C32H42N4O6. The monoisotopic (exact) mass is 578 g/mol. The predicted molar refractivity (Wildman–Crippen MR) is 158 cm³/mol. The maximum Gasteiger partial charge on any atom is 0.263 e. The fourth-order valence-electron chi connectivity index (χ4n) is 7.00. The van der Waals surface area contributed by atoms with Crippen LogP contribution < -0.4 is 20.3 Å². The number of likely N-dealkylation sites (tertiary alicyclic amines) is 1. The van der Waals surface area contributed by atoms with E-state index in [-0.39, 0.29) is 46.7 Å². The fraction of sp³-hybridized carbons (Fsp3) is 0.562. The zero-order chi connectivity index (χ0) is 29.8. The Hall–Kier alpha value is -3.82. The molecule has 1 aromatic heterocycles. The van der Waals surface area contributed by atoms with E-state index < -0.39 is 0 Å². The van der Waals surface area contributed by atoms with E-state index >= 15 is 0 Å². The van der Waals surface area contributed by atoms with E-state index in [2.05, 4.69) is 11.4 Å². The summed E-state index contributed by atoms with van der Waals surface area (Å²) in [5, 5.41) is 3.04. The molecule has 1 N–H and O–H groups in total. The summed E-state index contributed by atoms with van der Waals surface area (Å²) in [4.78, 5) is 56.4. The number of fused-ring (bicyclic) bond motifs is 6. The number of benzene rings is 1. The number of amides is 3. The van der Waals surface area contributed by atoms with E-state index in [1.807, 2.05) is 11.0 Å². The Morgan fingerprint density at radius 2 is 1.81 bits per heavy atom. The Bertz CT molecular complexity index is 1390. The van der Waals surface area contributed by atoms with Crippen LogP contribution in [-0.4, -0.2) is 78.5 Å². The van der Waals surface area contributed by atoms with Crippen LogP contribution in [0, 0.1) is 11.8 Å². The average Bonchev–Trinajstić information content (AvgIpc) is 2.99. The normalized spacial score (nSPS) is 23.5. The number of hydrogen-bond donors (Lipinski definition) is 1. The number of pyridine rings is 1. The van der Waals surface area contributed by atoms with Crippen LogP contribution in [0.2, 0.25) is 0 Å². The number of hydrogen-bond acceptors (Lipinski definition) is 6. The molecule has 3 aliphatic heterocycles. The predicted octanol–water partition coefficient (Wildman–Crippen LogP) is 2.56. The largest absolute Gasteiger partial charge is 0.493 e. The van der Waals surface area contributed by atoms with Gasteiger partial charge in [0.1, 0.15) is 5.56 Å². The van der Waals surface area contributed by atoms with E-state index in [4.69, 9.17) is 9.47 Å². The molecule has 2 aromatic rings. The smallest absolute Gasteiger partial charge is 0.263 e. The van der Waals surface area contributed by atoms with Crippen LogP contribution in [0.1, 0.15) is 60.0 Å². The van der Waals surface area contributed by atoms with Crippen molar-refractivity contribution in [2.45, 2.75) is 57.4 Å². The van der Waals surface area contributed by atoms with Gasteiger partial charge in [-0.25, -0.2) is 0 Å². The molecule has 3 aliphatic rings. The fourth-order valence-corrected chi connectivity index (χ4v) is 7.00. The Labute approximate surface area is 247 Å². The Morgan fingerprint density at radius 3 is 2.60 bits per heavy atom. The van der Waals surface area contributed by atoms with Gasteiger partial charge in [-0.1, -0.05) is 6.07 Å². The molecule has 4 bridgehead atoms. The van der Waals surface area contributed by atoms with Gasteiger partial charge in [-0.05, 0) is 79.7 Å². The van der Waals surface area contributed by atoms with Gasteiger partial charge in [0.2, 0.25) is 11.8 Å². The number of carbonyl (C=O) groups excluding carboxylic acids is 3. The van der Waals surface area contributed by atoms with Gasteiger partial charge in [0.15, 0.2) is 11.5 Å². The summed E-state index contributed by atoms with van der Waals surface area (Å²) in [6, 6.07) is 7.27. The average molecular weight is 579 g/mol. The molecule has 0 saturated carbocycles. The molecule has 226 valence electrons. The zero-order valence-corrected chi connectivity index (χ0v) is 24.9. The summed E-state index contributed by atoms with van der Waals surface area (Å²) < 4.78 is 12.7. The molecule has 0 aliphatic carbocycles. The van der Waals surface area contributed by atoms with Crippen LogP contribution in [0.5, 0.6) is 11.5 Å². The van der Waals surface area contributed by atoms with Crippen LogP contribution in [0.4, 0.5) is 0 Å². The second kappa shape index (κ2) is 13.0. The minimum absolute atomic E-state index is 0.00678. The molecule has 3 amide bonds. The minimum atomic E-state index is -0.302. The topological polar surface area (TPSA) is 110 Å². The van der Waals surface area contributed by atoms with Crippen molar-refractivity contribution in [1.82, 2.24) is 19.7 Å². The number of piperidine rings is 2. The molecule has 4 heterocycles. The first-order valence-electron chi connectivity index (χ1n) is 15.0. The summed E-state index contributed by atoms with van der Waals surface area (Å²) in [5.41, 5.74) is 1.90. The van der Waals surface area contributed by atoms with Crippen molar-refractivity contribution in [3.05, 3.63) is 57.5 Å². The molecule has 0 spiro atoms. The lowest BCUT2D eigenvalue weighted by atomic mass is 9.77. The minimum Gasteiger partial charge on any atom is -0.493 e. The standard InChI is InChI=1S/C32H42N4O6/c1-34-14-6-8-25(31(34)39)32(40)35-18-22-16-24(20-35)26-9-4-10-28(37)33-13-5-7-23-15-21(11-12-29(38)36(26)19-22)17-27(41-2)30(23)42-3/h6,8,14-15,17,22,24,26H,4-5,7,9-13,16,18-20H2,1-3H3,(H,33,37)/t22-,24-,26-/m0/s1. The first-order valence-corrected chi connectivity index (χ1v) is 15.0. The number of methoxy groups -OCH3 is 2. The van der Waals surface area contributed by atoms with Gasteiger partial charge in [0.05, 0.1) is 14.2 Å². The number of rotatable bonds is 3. The second-order valence-electron chi connectivity index (χ2n) is 11.9. The molecule has 42 heavy (non-hydrogen) atoms. The first-order chi connectivity index (χ1) is 20.3. The van der Waals surface area contributed by atoms with Crippen LogP contribution in [0.25, 0.3) is 0 Å². The van der Waals surface area contributed by atoms with Gasteiger partial charge in [-0.15, -0.1) is 0 Å². The third-order valence-corrected chi connectivity index (χ3v) is 9.02. The van der Waals surface area contributed by atoms with E-state index in [1.165, 1.54) is 4.57 Å². The van der Waals surface area contributed by atoms with Gasteiger partial charge in [-0.2, -0.15) is 0 Å². The second-order valence-corrected chi connectivity index (χ2v) is 11.9. The Morgan fingerprint density at radius 1 is 0.976 bits per heavy atom. The molecule has 5 rings (SSSR count). The molecule has 2 saturated heterocycles. The van der Waals surface area contributed by atoms with Crippen LogP contribution in [0.3, 0.4) is 0 Å².